The molecule has 4 nitrogen and oxygen atoms in total. The van der Waals surface area contributed by atoms with Crippen molar-refractivity contribution in [2.75, 3.05) is 26.3 Å². The highest BCUT2D eigenvalue weighted by Crippen LogP contribution is 2.32. The molecular weight excluding hydrogens is 302 g/mol. The number of piperidine rings is 1. The monoisotopic (exact) mass is 331 g/mol. The summed E-state index contributed by atoms with van der Waals surface area (Å²) in [6.07, 6.45) is 3.46. The van der Waals surface area contributed by atoms with Gasteiger partial charge in [-0.1, -0.05) is 32.0 Å². The van der Waals surface area contributed by atoms with Crippen molar-refractivity contribution in [2.24, 2.45) is 11.8 Å². The molecule has 2 aliphatic heterocycles. The molecule has 0 aromatic heterocycles. The summed E-state index contributed by atoms with van der Waals surface area (Å²) in [6, 6.07) is 9.70. The van der Waals surface area contributed by atoms with Crippen LogP contribution in [0.3, 0.4) is 0 Å². The maximum atomic E-state index is 13.3. The Bertz CT molecular complexity index is 529. The lowest BCUT2D eigenvalue weighted by molar-refractivity contribution is -0.158. The van der Waals surface area contributed by atoms with E-state index in [1.54, 1.807) is 0 Å². The van der Waals surface area contributed by atoms with Crippen molar-refractivity contribution in [3.8, 4) is 5.75 Å². The zero-order valence-electron chi connectivity index (χ0n) is 14.9. The molecular formula is C20H29NO3. The molecule has 0 aliphatic carbocycles. The molecule has 2 heterocycles. The largest absolute Gasteiger partial charge is 0.477 e. The quantitative estimate of drug-likeness (QED) is 0.847. The zero-order valence-corrected chi connectivity index (χ0v) is 14.9. The molecule has 0 atom stereocenters. The maximum absolute atomic E-state index is 13.3. The molecule has 1 aromatic carbocycles. The van der Waals surface area contributed by atoms with Crippen LogP contribution in [0.2, 0.25) is 0 Å². The minimum atomic E-state index is -0.760. The van der Waals surface area contributed by atoms with Crippen LogP contribution < -0.4 is 4.74 Å². The molecule has 2 aliphatic rings. The number of amides is 1. The van der Waals surface area contributed by atoms with Crippen LogP contribution in [-0.4, -0.2) is 42.7 Å². The Labute approximate surface area is 145 Å². The Morgan fingerprint density at radius 3 is 2.38 bits per heavy atom. The smallest absolute Gasteiger partial charge is 0.266 e. The molecule has 3 rings (SSSR count). The number of ether oxygens (including phenoxy) is 2. The Hall–Kier alpha value is -1.55. The molecule has 0 radical (unpaired) electrons. The van der Waals surface area contributed by atoms with E-state index in [9.17, 15) is 4.79 Å². The highest BCUT2D eigenvalue weighted by Gasteiger charge is 2.45. The standard InChI is InChI=1S/C20H29NO3/c1-16(2)17-8-12-21(13-9-17)19(22)20(10-14-23-15-11-20)24-18-6-4-3-5-7-18/h3-7,16-17H,8-15H2,1-2H3. The van der Waals surface area contributed by atoms with E-state index in [4.69, 9.17) is 9.47 Å². The van der Waals surface area contributed by atoms with E-state index in [1.165, 1.54) is 0 Å². The van der Waals surface area contributed by atoms with Crippen LogP contribution in [-0.2, 0) is 9.53 Å². The minimum Gasteiger partial charge on any atom is -0.477 e. The first-order valence-corrected chi connectivity index (χ1v) is 9.22. The van der Waals surface area contributed by atoms with Crippen LogP contribution in [0.5, 0.6) is 5.75 Å². The number of para-hydroxylation sites is 1. The van der Waals surface area contributed by atoms with Crippen LogP contribution in [0.4, 0.5) is 0 Å². The van der Waals surface area contributed by atoms with Gasteiger partial charge >= 0.3 is 0 Å². The topological polar surface area (TPSA) is 38.8 Å². The minimum absolute atomic E-state index is 0.150. The van der Waals surface area contributed by atoms with Crippen LogP contribution in [0.25, 0.3) is 0 Å². The number of likely N-dealkylation sites (tertiary alicyclic amines) is 1. The first kappa shape index (κ1) is 17.3. The predicted octanol–water partition coefficient (Wildman–Crippen LogP) is 3.51. The summed E-state index contributed by atoms with van der Waals surface area (Å²) in [5, 5.41) is 0. The second-order valence-electron chi connectivity index (χ2n) is 7.40. The fourth-order valence-corrected chi connectivity index (χ4v) is 3.83. The summed E-state index contributed by atoms with van der Waals surface area (Å²) in [4.78, 5) is 15.3. The number of rotatable bonds is 4. The Balaban J connectivity index is 1.72. The van der Waals surface area contributed by atoms with Gasteiger partial charge in [0, 0.05) is 25.9 Å². The Morgan fingerprint density at radius 2 is 1.79 bits per heavy atom. The molecule has 24 heavy (non-hydrogen) atoms. The highest BCUT2D eigenvalue weighted by molar-refractivity contribution is 5.86. The molecule has 0 N–H and O–H groups in total. The van der Waals surface area contributed by atoms with E-state index < -0.39 is 5.60 Å². The first-order chi connectivity index (χ1) is 11.6. The molecule has 0 bridgehead atoms. The van der Waals surface area contributed by atoms with Gasteiger partial charge in [-0.05, 0) is 36.8 Å². The van der Waals surface area contributed by atoms with E-state index in [-0.39, 0.29) is 5.91 Å². The van der Waals surface area contributed by atoms with E-state index in [1.807, 2.05) is 35.2 Å². The normalized spacial score (nSPS) is 21.7. The lowest BCUT2D eigenvalue weighted by Gasteiger charge is -2.42. The summed E-state index contributed by atoms with van der Waals surface area (Å²) in [5.41, 5.74) is -0.760. The molecule has 4 heteroatoms. The van der Waals surface area contributed by atoms with Gasteiger partial charge in [0.25, 0.3) is 5.91 Å². The lowest BCUT2D eigenvalue weighted by atomic mass is 9.85. The van der Waals surface area contributed by atoms with E-state index in [2.05, 4.69) is 13.8 Å². The number of benzene rings is 1. The van der Waals surface area contributed by atoms with E-state index in [0.29, 0.717) is 32.0 Å². The van der Waals surface area contributed by atoms with Gasteiger partial charge < -0.3 is 14.4 Å². The summed E-state index contributed by atoms with van der Waals surface area (Å²) in [5.74, 6) is 2.34. The van der Waals surface area contributed by atoms with Gasteiger partial charge in [-0.3, -0.25) is 4.79 Å². The highest BCUT2D eigenvalue weighted by atomic mass is 16.5. The van der Waals surface area contributed by atoms with Gasteiger partial charge in [-0.15, -0.1) is 0 Å². The average molecular weight is 331 g/mol. The second-order valence-corrected chi connectivity index (χ2v) is 7.40. The van der Waals surface area contributed by atoms with Gasteiger partial charge in [0.05, 0.1) is 13.2 Å². The van der Waals surface area contributed by atoms with Crippen LogP contribution in [0, 0.1) is 11.8 Å². The molecule has 0 spiro atoms. The van der Waals surface area contributed by atoms with Crippen LogP contribution >= 0.6 is 0 Å². The molecule has 1 aromatic rings. The van der Waals surface area contributed by atoms with Gasteiger partial charge in [0.2, 0.25) is 0 Å². The van der Waals surface area contributed by atoms with Gasteiger partial charge in [0.1, 0.15) is 5.75 Å². The lowest BCUT2D eigenvalue weighted by Crippen LogP contribution is -2.57. The van der Waals surface area contributed by atoms with E-state index >= 15 is 0 Å². The molecule has 2 saturated heterocycles. The van der Waals surface area contributed by atoms with Crippen molar-refractivity contribution in [1.82, 2.24) is 4.90 Å². The van der Waals surface area contributed by atoms with Crippen molar-refractivity contribution in [2.45, 2.75) is 45.1 Å². The summed E-state index contributed by atoms with van der Waals surface area (Å²) in [7, 11) is 0. The van der Waals surface area contributed by atoms with Gasteiger partial charge in [0.15, 0.2) is 5.60 Å². The maximum Gasteiger partial charge on any atom is 0.266 e. The third kappa shape index (κ3) is 3.75. The number of carbonyl (C=O) groups is 1. The molecule has 2 fully saturated rings. The van der Waals surface area contributed by atoms with Crippen LogP contribution in [0.1, 0.15) is 39.5 Å². The van der Waals surface area contributed by atoms with Gasteiger partial charge in [-0.25, -0.2) is 0 Å². The van der Waals surface area contributed by atoms with Crippen LogP contribution in [0.15, 0.2) is 30.3 Å². The third-order valence-electron chi connectivity index (χ3n) is 5.52. The Kier molecular flexibility index (Phi) is 5.44. The SMILES string of the molecule is CC(C)C1CCN(C(=O)C2(Oc3ccccc3)CCOCC2)CC1. The van der Waals surface area contributed by atoms with Crippen molar-refractivity contribution < 1.29 is 14.3 Å². The van der Waals surface area contributed by atoms with Gasteiger partial charge in [-0.2, -0.15) is 0 Å². The third-order valence-corrected chi connectivity index (χ3v) is 5.52. The van der Waals surface area contributed by atoms with E-state index in [0.717, 1.165) is 37.6 Å². The predicted molar refractivity (Wildman–Crippen MR) is 94.0 cm³/mol. The number of carbonyl (C=O) groups excluding carboxylic acids is 1. The molecule has 0 unspecified atom stereocenters. The number of nitrogens with zero attached hydrogens (tertiary/aromatic N) is 1. The number of hydrogen-bond acceptors (Lipinski definition) is 3. The second kappa shape index (κ2) is 7.56. The summed E-state index contributed by atoms with van der Waals surface area (Å²) >= 11 is 0. The first-order valence-electron chi connectivity index (χ1n) is 9.22. The fraction of sp³-hybridized carbons (Fsp3) is 0.650. The summed E-state index contributed by atoms with van der Waals surface area (Å²) < 4.78 is 11.8. The Morgan fingerprint density at radius 1 is 1.17 bits per heavy atom. The van der Waals surface area contributed by atoms with Crippen molar-refractivity contribution in [3.05, 3.63) is 30.3 Å². The van der Waals surface area contributed by atoms with Crippen molar-refractivity contribution in [3.63, 3.8) is 0 Å². The average Bonchev–Trinajstić information content (AvgIpc) is 2.63. The molecule has 0 saturated carbocycles. The van der Waals surface area contributed by atoms with Crippen molar-refractivity contribution >= 4 is 5.91 Å². The fourth-order valence-electron chi connectivity index (χ4n) is 3.83. The molecule has 1 amide bonds. The number of hydrogen-bond donors (Lipinski definition) is 0. The molecule has 132 valence electrons. The van der Waals surface area contributed by atoms with Crippen molar-refractivity contribution in [1.29, 1.82) is 0 Å². The summed E-state index contributed by atoms with van der Waals surface area (Å²) in [6.45, 7) is 7.42. The zero-order chi connectivity index (χ0) is 17.0.